The van der Waals surface area contributed by atoms with Gasteiger partial charge in [0.15, 0.2) is 0 Å². The number of amides is 1. The summed E-state index contributed by atoms with van der Waals surface area (Å²) in [4.78, 5) is 21.7. The summed E-state index contributed by atoms with van der Waals surface area (Å²) in [5.74, 6) is 1.66. The molecule has 1 aromatic heterocycles. The molecule has 2 aliphatic rings. The van der Waals surface area contributed by atoms with E-state index in [-0.39, 0.29) is 18.4 Å². The van der Waals surface area contributed by atoms with Crippen molar-refractivity contribution >= 4 is 11.7 Å². The second-order valence-electron chi connectivity index (χ2n) is 7.84. The van der Waals surface area contributed by atoms with Gasteiger partial charge in [-0.25, -0.2) is 0 Å². The van der Waals surface area contributed by atoms with Crippen LogP contribution in [0.2, 0.25) is 0 Å². The lowest BCUT2D eigenvalue weighted by molar-refractivity contribution is -0.121. The standard InChI is InChI=1S/C23H28N4O2/c1-29-15-21(17-8-3-2-4-9-17)27-22(28)11-19-10-18-13-26-23(20(18)14-24-19)25-12-16-6-5-7-16/h2-4,8-10,14,16,21H,5-7,11-13,15H2,1H3,(H,25,26)(H,27,28)/t21-/m1/s1. The van der Waals surface area contributed by atoms with E-state index in [1.807, 2.05) is 42.6 Å². The highest BCUT2D eigenvalue weighted by atomic mass is 16.5. The van der Waals surface area contributed by atoms with Gasteiger partial charge in [-0.15, -0.1) is 0 Å². The summed E-state index contributed by atoms with van der Waals surface area (Å²) >= 11 is 0. The van der Waals surface area contributed by atoms with Crippen LogP contribution in [0.1, 0.15) is 47.7 Å². The average Bonchev–Trinajstić information content (AvgIpc) is 3.09. The van der Waals surface area contributed by atoms with Crippen molar-refractivity contribution in [2.75, 3.05) is 20.3 Å². The van der Waals surface area contributed by atoms with Gasteiger partial charge in [0, 0.05) is 25.4 Å². The minimum absolute atomic E-state index is 0.0643. The van der Waals surface area contributed by atoms with Crippen molar-refractivity contribution in [3.63, 3.8) is 0 Å². The Morgan fingerprint density at radius 2 is 2.10 bits per heavy atom. The molecule has 2 heterocycles. The Labute approximate surface area is 171 Å². The Hall–Kier alpha value is -2.73. The fourth-order valence-corrected chi connectivity index (χ4v) is 3.81. The molecule has 152 valence electrons. The van der Waals surface area contributed by atoms with E-state index in [1.165, 1.54) is 19.3 Å². The number of pyridine rings is 1. The van der Waals surface area contributed by atoms with Crippen LogP contribution in [0, 0.1) is 5.92 Å². The van der Waals surface area contributed by atoms with E-state index in [0.717, 1.165) is 40.7 Å². The molecule has 2 aromatic rings. The van der Waals surface area contributed by atoms with Crippen LogP contribution in [0.3, 0.4) is 0 Å². The number of carbonyl (C=O) groups is 1. The molecule has 29 heavy (non-hydrogen) atoms. The molecule has 1 saturated carbocycles. The molecule has 1 fully saturated rings. The van der Waals surface area contributed by atoms with Gasteiger partial charge in [0.05, 0.1) is 31.3 Å². The number of methoxy groups -OCH3 is 1. The number of carbonyl (C=O) groups excluding carboxylic acids is 1. The number of nitrogens with one attached hydrogen (secondary N) is 2. The second-order valence-corrected chi connectivity index (χ2v) is 7.84. The number of aliphatic imine (C=N–C) groups is 1. The third kappa shape index (κ3) is 4.82. The third-order valence-electron chi connectivity index (χ3n) is 5.70. The van der Waals surface area contributed by atoms with Crippen molar-refractivity contribution in [2.24, 2.45) is 10.9 Å². The largest absolute Gasteiger partial charge is 0.382 e. The lowest BCUT2D eigenvalue weighted by atomic mass is 9.85. The van der Waals surface area contributed by atoms with E-state index in [9.17, 15) is 4.79 Å². The fourth-order valence-electron chi connectivity index (χ4n) is 3.81. The SMILES string of the molecule is COC[C@@H](NC(=O)Cc1cc2c(cn1)C(NCC1CCC1)=NC2)c1ccccc1. The first-order valence-electron chi connectivity index (χ1n) is 10.3. The summed E-state index contributed by atoms with van der Waals surface area (Å²) < 4.78 is 5.28. The number of ether oxygens (including phenoxy) is 1. The van der Waals surface area contributed by atoms with Gasteiger partial charge in [-0.2, -0.15) is 0 Å². The molecule has 6 nitrogen and oxygen atoms in total. The van der Waals surface area contributed by atoms with Crippen molar-refractivity contribution in [2.45, 2.75) is 38.3 Å². The zero-order chi connectivity index (χ0) is 20.1. The van der Waals surface area contributed by atoms with E-state index in [0.29, 0.717) is 13.2 Å². The fraction of sp³-hybridized carbons (Fsp3) is 0.435. The first-order valence-corrected chi connectivity index (χ1v) is 10.3. The van der Waals surface area contributed by atoms with Gasteiger partial charge < -0.3 is 15.4 Å². The number of hydrogen-bond donors (Lipinski definition) is 2. The summed E-state index contributed by atoms with van der Waals surface area (Å²) in [7, 11) is 1.64. The molecular weight excluding hydrogens is 364 g/mol. The maximum Gasteiger partial charge on any atom is 0.226 e. The van der Waals surface area contributed by atoms with Gasteiger partial charge in [-0.05, 0) is 36.0 Å². The molecule has 0 saturated heterocycles. The van der Waals surface area contributed by atoms with Gasteiger partial charge in [-0.1, -0.05) is 36.8 Å². The average molecular weight is 393 g/mol. The number of benzene rings is 1. The third-order valence-corrected chi connectivity index (χ3v) is 5.70. The van der Waals surface area contributed by atoms with Crippen LogP contribution in [0.15, 0.2) is 47.6 Å². The molecule has 1 aromatic carbocycles. The molecule has 1 atom stereocenters. The molecule has 0 unspecified atom stereocenters. The van der Waals surface area contributed by atoms with Crippen LogP contribution in [0.4, 0.5) is 0 Å². The van der Waals surface area contributed by atoms with Crippen LogP contribution in [0.25, 0.3) is 0 Å². The van der Waals surface area contributed by atoms with Crippen LogP contribution >= 0.6 is 0 Å². The molecule has 2 N–H and O–H groups in total. The highest BCUT2D eigenvalue weighted by molar-refractivity contribution is 6.01. The lowest BCUT2D eigenvalue weighted by Gasteiger charge is -2.25. The number of nitrogens with zero attached hydrogens (tertiary/aromatic N) is 2. The summed E-state index contributed by atoms with van der Waals surface area (Å²) in [5.41, 5.74) is 3.99. The van der Waals surface area contributed by atoms with Crippen molar-refractivity contribution in [1.82, 2.24) is 15.6 Å². The topological polar surface area (TPSA) is 75.6 Å². The predicted octanol–water partition coefficient (Wildman–Crippen LogP) is 2.78. The van der Waals surface area contributed by atoms with Crippen molar-refractivity contribution in [3.05, 3.63) is 65.0 Å². The van der Waals surface area contributed by atoms with E-state index < -0.39 is 0 Å². The van der Waals surface area contributed by atoms with Crippen molar-refractivity contribution in [1.29, 1.82) is 0 Å². The number of fused-ring (bicyclic) bond motifs is 1. The van der Waals surface area contributed by atoms with Gasteiger partial charge in [0.1, 0.15) is 5.84 Å². The lowest BCUT2D eigenvalue weighted by Crippen LogP contribution is -2.33. The van der Waals surface area contributed by atoms with Crippen LogP contribution in [-0.2, 0) is 22.5 Å². The Morgan fingerprint density at radius 3 is 2.83 bits per heavy atom. The van der Waals surface area contributed by atoms with Crippen LogP contribution in [0.5, 0.6) is 0 Å². The number of amidine groups is 1. The molecule has 6 heteroatoms. The van der Waals surface area contributed by atoms with E-state index in [4.69, 9.17) is 4.74 Å². The zero-order valence-electron chi connectivity index (χ0n) is 16.9. The molecule has 0 radical (unpaired) electrons. The summed E-state index contributed by atoms with van der Waals surface area (Å²) in [5, 5.41) is 6.53. The number of hydrogen-bond acceptors (Lipinski definition) is 5. The Balaban J connectivity index is 1.35. The molecule has 1 amide bonds. The molecule has 0 spiro atoms. The van der Waals surface area contributed by atoms with E-state index >= 15 is 0 Å². The maximum absolute atomic E-state index is 12.6. The Morgan fingerprint density at radius 1 is 1.28 bits per heavy atom. The molecule has 1 aliphatic carbocycles. The van der Waals surface area contributed by atoms with E-state index in [2.05, 4.69) is 20.6 Å². The van der Waals surface area contributed by atoms with E-state index in [1.54, 1.807) is 7.11 Å². The minimum atomic E-state index is -0.172. The smallest absolute Gasteiger partial charge is 0.226 e. The Kier molecular flexibility index (Phi) is 6.20. The van der Waals surface area contributed by atoms with Gasteiger partial charge >= 0.3 is 0 Å². The molecule has 0 bridgehead atoms. The van der Waals surface area contributed by atoms with Crippen LogP contribution < -0.4 is 10.6 Å². The van der Waals surface area contributed by atoms with Crippen molar-refractivity contribution < 1.29 is 9.53 Å². The second kappa shape index (κ2) is 9.18. The first kappa shape index (κ1) is 19.6. The molecular formula is C23H28N4O2. The molecule has 4 rings (SSSR count). The summed E-state index contributed by atoms with van der Waals surface area (Å²) in [6.07, 6.45) is 6.06. The van der Waals surface area contributed by atoms with Gasteiger partial charge in [0.25, 0.3) is 0 Å². The van der Waals surface area contributed by atoms with Crippen LogP contribution in [-0.4, -0.2) is 37.0 Å². The highest BCUT2D eigenvalue weighted by Crippen LogP contribution is 2.26. The Bertz CT molecular complexity index is 878. The quantitative estimate of drug-likeness (QED) is 0.724. The zero-order valence-corrected chi connectivity index (χ0v) is 16.9. The number of aromatic nitrogens is 1. The van der Waals surface area contributed by atoms with Gasteiger partial charge in [-0.3, -0.25) is 14.8 Å². The molecule has 1 aliphatic heterocycles. The predicted molar refractivity (Wildman–Crippen MR) is 113 cm³/mol. The minimum Gasteiger partial charge on any atom is -0.382 e. The monoisotopic (exact) mass is 392 g/mol. The summed E-state index contributed by atoms with van der Waals surface area (Å²) in [6.45, 7) is 2.07. The maximum atomic E-state index is 12.6. The van der Waals surface area contributed by atoms with Gasteiger partial charge in [0.2, 0.25) is 5.91 Å². The summed E-state index contributed by atoms with van der Waals surface area (Å²) in [6, 6.07) is 11.7. The number of rotatable bonds is 8. The first-order chi connectivity index (χ1) is 14.2. The van der Waals surface area contributed by atoms with Crippen molar-refractivity contribution in [3.8, 4) is 0 Å². The highest BCUT2D eigenvalue weighted by Gasteiger charge is 2.22. The normalized spacial score (nSPS) is 16.5.